The van der Waals surface area contributed by atoms with E-state index in [1.807, 2.05) is 0 Å². The highest BCUT2D eigenvalue weighted by atomic mass is 19.4. The summed E-state index contributed by atoms with van der Waals surface area (Å²) in [6, 6.07) is 3.61. The second-order valence-electron chi connectivity index (χ2n) is 4.33. The smallest absolute Gasteiger partial charge is 0.368 e. The van der Waals surface area contributed by atoms with Crippen molar-refractivity contribution >= 4 is 11.6 Å². The largest absolute Gasteiger partial charge is 0.416 e. The molecule has 1 aromatic rings. The first-order valence-corrected chi connectivity index (χ1v) is 5.61. The molecule has 1 heterocycles. The topological polar surface area (TPSA) is 46.3 Å². The molecular formula is C12H13F3N2O. The molecule has 0 spiro atoms. The highest BCUT2D eigenvalue weighted by Gasteiger charge is 2.31. The molecule has 0 radical (unpaired) electrons. The summed E-state index contributed by atoms with van der Waals surface area (Å²) in [5.41, 5.74) is 5.76. The van der Waals surface area contributed by atoms with Gasteiger partial charge in [0.05, 0.1) is 12.1 Å². The number of primary amides is 1. The van der Waals surface area contributed by atoms with Gasteiger partial charge < -0.3 is 10.6 Å². The molecule has 1 aromatic carbocycles. The predicted octanol–water partition coefficient (Wildman–Crippen LogP) is 1.94. The number of halogens is 3. The van der Waals surface area contributed by atoms with Gasteiger partial charge in [-0.15, -0.1) is 0 Å². The number of nitrogens with two attached hydrogens (primary N) is 1. The van der Waals surface area contributed by atoms with E-state index in [-0.39, 0.29) is 6.54 Å². The van der Waals surface area contributed by atoms with Gasteiger partial charge in [0.1, 0.15) is 0 Å². The summed E-state index contributed by atoms with van der Waals surface area (Å²) < 4.78 is 37.7. The van der Waals surface area contributed by atoms with E-state index in [9.17, 15) is 18.0 Å². The molecule has 0 aromatic heterocycles. The molecule has 6 heteroatoms. The lowest BCUT2D eigenvalue weighted by atomic mass is 9.99. The van der Waals surface area contributed by atoms with Crippen LogP contribution in [0.15, 0.2) is 18.2 Å². The van der Waals surface area contributed by atoms with Gasteiger partial charge in [-0.3, -0.25) is 4.79 Å². The van der Waals surface area contributed by atoms with Crippen molar-refractivity contribution in [1.82, 2.24) is 0 Å². The van der Waals surface area contributed by atoms with E-state index < -0.39 is 17.6 Å². The number of amides is 1. The first kappa shape index (κ1) is 12.7. The van der Waals surface area contributed by atoms with Gasteiger partial charge in [-0.25, -0.2) is 0 Å². The van der Waals surface area contributed by atoms with Crippen molar-refractivity contribution in [3.8, 4) is 0 Å². The van der Waals surface area contributed by atoms with Crippen molar-refractivity contribution in [3.05, 3.63) is 29.3 Å². The maximum absolute atomic E-state index is 12.6. The Morgan fingerprint density at radius 1 is 1.39 bits per heavy atom. The maximum Gasteiger partial charge on any atom is 0.416 e. The summed E-state index contributed by atoms with van der Waals surface area (Å²) in [6.45, 7) is 0.680. The van der Waals surface area contributed by atoms with Gasteiger partial charge in [0.2, 0.25) is 5.91 Å². The number of nitrogens with zero attached hydrogens (tertiary/aromatic N) is 1. The van der Waals surface area contributed by atoms with E-state index in [1.165, 1.54) is 6.07 Å². The quantitative estimate of drug-likeness (QED) is 0.881. The third-order valence-electron chi connectivity index (χ3n) is 2.97. The van der Waals surface area contributed by atoms with Gasteiger partial charge in [-0.05, 0) is 36.6 Å². The number of alkyl halides is 3. The number of carbonyl (C=O) groups excluding carboxylic acids is 1. The van der Waals surface area contributed by atoms with E-state index in [1.54, 1.807) is 4.90 Å². The summed E-state index contributed by atoms with van der Waals surface area (Å²) in [6.07, 6.45) is -3.02. The molecule has 98 valence electrons. The van der Waals surface area contributed by atoms with Crippen molar-refractivity contribution in [3.63, 3.8) is 0 Å². The Labute approximate surface area is 102 Å². The minimum Gasteiger partial charge on any atom is -0.368 e. The fourth-order valence-corrected chi connectivity index (χ4v) is 2.20. The van der Waals surface area contributed by atoms with Crippen LogP contribution in [0.5, 0.6) is 0 Å². The Morgan fingerprint density at radius 2 is 2.11 bits per heavy atom. The van der Waals surface area contributed by atoms with Gasteiger partial charge in [0.15, 0.2) is 0 Å². The van der Waals surface area contributed by atoms with Crippen LogP contribution in [0.1, 0.15) is 17.5 Å². The van der Waals surface area contributed by atoms with Gasteiger partial charge >= 0.3 is 6.18 Å². The second kappa shape index (κ2) is 4.51. The molecule has 1 aliphatic rings. The monoisotopic (exact) mass is 258 g/mol. The van der Waals surface area contributed by atoms with Crippen LogP contribution in [0.4, 0.5) is 18.9 Å². The molecule has 0 saturated heterocycles. The van der Waals surface area contributed by atoms with Crippen LogP contribution in [0.2, 0.25) is 0 Å². The van der Waals surface area contributed by atoms with Crippen LogP contribution < -0.4 is 10.6 Å². The predicted molar refractivity (Wildman–Crippen MR) is 61.2 cm³/mol. The van der Waals surface area contributed by atoms with E-state index >= 15 is 0 Å². The lowest BCUT2D eigenvalue weighted by Crippen LogP contribution is -2.37. The number of benzene rings is 1. The lowest BCUT2D eigenvalue weighted by molar-refractivity contribution is -0.137. The van der Waals surface area contributed by atoms with Crippen LogP contribution in [0.3, 0.4) is 0 Å². The number of rotatable bonds is 2. The zero-order valence-electron chi connectivity index (χ0n) is 9.63. The first-order chi connectivity index (χ1) is 8.38. The summed E-state index contributed by atoms with van der Waals surface area (Å²) >= 11 is 0. The average Bonchev–Trinajstić information content (AvgIpc) is 2.27. The molecule has 0 saturated carbocycles. The fourth-order valence-electron chi connectivity index (χ4n) is 2.20. The van der Waals surface area contributed by atoms with Crippen molar-refractivity contribution in [2.24, 2.45) is 5.73 Å². The van der Waals surface area contributed by atoms with Crippen LogP contribution in [-0.4, -0.2) is 19.0 Å². The van der Waals surface area contributed by atoms with E-state index in [4.69, 9.17) is 5.73 Å². The fraction of sp³-hybridized carbons (Fsp3) is 0.417. The summed E-state index contributed by atoms with van der Waals surface area (Å²) in [5.74, 6) is -0.484. The average molecular weight is 258 g/mol. The Balaban J connectivity index is 2.33. The highest BCUT2D eigenvalue weighted by Crippen LogP contribution is 2.34. The molecule has 1 aliphatic heterocycles. The maximum atomic E-state index is 12.6. The van der Waals surface area contributed by atoms with Crippen molar-refractivity contribution in [1.29, 1.82) is 0 Å². The molecule has 2 rings (SSSR count). The minimum atomic E-state index is -4.33. The molecule has 18 heavy (non-hydrogen) atoms. The van der Waals surface area contributed by atoms with Crippen molar-refractivity contribution in [2.45, 2.75) is 19.0 Å². The molecular weight excluding hydrogens is 245 g/mol. The number of anilines is 1. The SMILES string of the molecule is NC(=O)CN1CCCc2cc(C(F)(F)F)ccc21. The van der Waals surface area contributed by atoms with E-state index in [0.29, 0.717) is 24.2 Å². The van der Waals surface area contributed by atoms with Gasteiger partial charge in [-0.2, -0.15) is 13.2 Å². The van der Waals surface area contributed by atoms with Gasteiger partial charge in [-0.1, -0.05) is 0 Å². The van der Waals surface area contributed by atoms with E-state index in [0.717, 1.165) is 18.6 Å². The molecule has 2 N–H and O–H groups in total. The van der Waals surface area contributed by atoms with Crippen molar-refractivity contribution < 1.29 is 18.0 Å². The second-order valence-corrected chi connectivity index (χ2v) is 4.33. The molecule has 3 nitrogen and oxygen atoms in total. The van der Waals surface area contributed by atoms with E-state index in [2.05, 4.69) is 0 Å². The Morgan fingerprint density at radius 3 is 2.72 bits per heavy atom. The summed E-state index contributed by atoms with van der Waals surface area (Å²) in [5, 5.41) is 0. The molecule has 0 atom stereocenters. The molecule has 0 fully saturated rings. The highest BCUT2D eigenvalue weighted by molar-refractivity contribution is 5.80. The van der Waals surface area contributed by atoms with Gasteiger partial charge in [0, 0.05) is 12.2 Å². The number of aryl methyl sites for hydroxylation is 1. The first-order valence-electron chi connectivity index (χ1n) is 5.61. The Hall–Kier alpha value is -1.72. The van der Waals surface area contributed by atoms with Crippen molar-refractivity contribution in [2.75, 3.05) is 18.0 Å². The lowest BCUT2D eigenvalue weighted by Gasteiger charge is -2.30. The minimum absolute atomic E-state index is 0.0400. The molecule has 0 aliphatic carbocycles. The zero-order valence-corrected chi connectivity index (χ0v) is 9.63. The Bertz CT molecular complexity index is 471. The normalized spacial score (nSPS) is 15.4. The number of hydrogen-bond donors (Lipinski definition) is 1. The van der Waals surface area contributed by atoms with Crippen LogP contribution in [0.25, 0.3) is 0 Å². The summed E-state index contributed by atoms with van der Waals surface area (Å²) in [4.78, 5) is 12.6. The third kappa shape index (κ3) is 2.57. The number of carbonyl (C=O) groups is 1. The number of hydrogen-bond acceptors (Lipinski definition) is 2. The summed E-state index contributed by atoms with van der Waals surface area (Å²) in [7, 11) is 0. The van der Waals surface area contributed by atoms with Gasteiger partial charge in [0.25, 0.3) is 0 Å². The molecule has 1 amide bonds. The van der Waals surface area contributed by atoms with Crippen LogP contribution in [-0.2, 0) is 17.4 Å². The molecule has 0 bridgehead atoms. The Kier molecular flexibility index (Phi) is 3.19. The van der Waals surface area contributed by atoms with Crippen LogP contribution in [0, 0.1) is 0 Å². The number of fused-ring (bicyclic) bond motifs is 1. The third-order valence-corrected chi connectivity index (χ3v) is 2.97. The van der Waals surface area contributed by atoms with Crippen LogP contribution >= 0.6 is 0 Å². The molecule has 0 unspecified atom stereocenters. The standard InChI is InChI=1S/C12H13F3N2O/c13-12(14,15)9-3-4-10-8(6-9)2-1-5-17(10)7-11(16)18/h3-4,6H,1-2,5,7H2,(H2,16,18). The zero-order chi connectivity index (χ0) is 13.3.